The van der Waals surface area contributed by atoms with Gasteiger partial charge in [-0.05, 0) is 91.2 Å². The minimum absolute atomic E-state index is 0.316. The molecule has 1 fully saturated rings. The summed E-state index contributed by atoms with van der Waals surface area (Å²) in [4.78, 5) is 2.89. The summed E-state index contributed by atoms with van der Waals surface area (Å²) in [6.45, 7) is 5.39. The molecule has 3 aromatic carbocycles. The van der Waals surface area contributed by atoms with Crippen molar-refractivity contribution < 1.29 is 17.9 Å². The minimum Gasteiger partial charge on any atom is -0.493 e. The van der Waals surface area contributed by atoms with E-state index in [2.05, 4.69) is 36.1 Å². The maximum absolute atomic E-state index is 13.4. The van der Waals surface area contributed by atoms with Crippen LogP contribution in [0.3, 0.4) is 0 Å². The van der Waals surface area contributed by atoms with Crippen LogP contribution in [0, 0.1) is 0 Å². The zero-order chi connectivity index (χ0) is 26.0. The molecule has 5 rings (SSSR count). The van der Waals surface area contributed by atoms with Gasteiger partial charge in [-0.3, -0.25) is 0 Å². The Kier molecular flexibility index (Phi) is 7.56. The number of fused-ring (bicyclic) bond motifs is 1. The van der Waals surface area contributed by atoms with Crippen LogP contribution < -0.4 is 9.47 Å². The molecule has 0 N–H and O–H groups in total. The molecule has 0 saturated carbocycles. The summed E-state index contributed by atoms with van der Waals surface area (Å²) < 4.78 is 39.2. The van der Waals surface area contributed by atoms with Gasteiger partial charge in [-0.1, -0.05) is 36.4 Å². The van der Waals surface area contributed by atoms with E-state index in [4.69, 9.17) is 9.47 Å². The maximum Gasteiger partial charge on any atom is 0.243 e. The number of rotatable bonds is 8. The largest absolute Gasteiger partial charge is 0.493 e. The quantitative estimate of drug-likeness (QED) is 0.411. The Bertz CT molecular complexity index is 1340. The van der Waals surface area contributed by atoms with Crippen LogP contribution in [0.5, 0.6) is 11.5 Å². The van der Waals surface area contributed by atoms with Crippen LogP contribution >= 0.6 is 0 Å². The lowest BCUT2D eigenvalue weighted by Gasteiger charge is -2.29. The van der Waals surface area contributed by atoms with Crippen molar-refractivity contribution in [2.24, 2.45) is 0 Å². The van der Waals surface area contributed by atoms with Gasteiger partial charge in [-0.25, -0.2) is 8.42 Å². The molecule has 37 heavy (non-hydrogen) atoms. The zero-order valence-electron chi connectivity index (χ0n) is 21.9. The number of methoxy groups -OCH3 is 2. The molecule has 1 atom stereocenters. The molecule has 0 aliphatic carbocycles. The highest BCUT2D eigenvalue weighted by Crippen LogP contribution is 2.35. The first-order chi connectivity index (χ1) is 17.9. The Morgan fingerprint density at radius 3 is 2.08 bits per heavy atom. The second kappa shape index (κ2) is 10.9. The van der Waals surface area contributed by atoms with Crippen LogP contribution in [-0.2, 0) is 29.4 Å². The van der Waals surface area contributed by atoms with Crippen molar-refractivity contribution in [1.29, 1.82) is 0 Å². The van der Waals surface area contributed by atoms with Gasteiger partial charge in [-0.2, -0.15) is 4.31 Å². The summed E-state index contributed by atoms with van der Waals surface area (Å²) in [7, 11) is -0.411. The molecule has 0 bridgehead atoms. The summed E-state index contributed by atoms with van der Waals surface area (Å²) in [5.41, 5.74) is 5.48. The molecule has 196 valence electrons. The molecule has 2 aliphatic heterocycles. The average Bonchev–Trinajstić information content (AvgIpc) is 3.35. The molecule has 2 heterocycles. The molecule has 0 amide bonds. The number of hydrogen-bond acceptors (Lipinski definition) is 5. The van der Waals surface area contributed by atoms with Gasteiger partial charge in [0, 0.05) is 25.7 Å². The summed E-state index contributed by atoms with van der Waals surface area (Å²) in [6.07, 6.45) is 4.30. The van der Waals surface area contributed by atoms with Gasteiger partial charge in [0.05, 0.1) is 19.1 Å². The van der Waals surface area contributed by atoms with Crippen LogP contribution in [0.1, 0.15) is 36.5 Å². The molecule has 7 heteroatoms. The summed E-state index contributed by atoms with van der Waals surface area (Å²) in [6, 6.07) is 20.4. The third-order valence-electron chi connectivity index (χ3n) is 7.84. The fraction of sp³-hybridized carbons (Fsp3) is 0.400. The molecular weight excluding hydrogens is 484 g/mol. The van der Waals surface area contributed by atoms with Crippen LogP contribution in [0.25, 0.3) is 11.1 Å². The van der Waals surface area contributed by atoms with Crippen molar-refractivity contribution >= 4 is 10.0 Å². The van der Waals surface area contributed by atoms with Crippen molar-refractivity contribution in [1.82, 2.24) is 9.21 Å². The van der Waals surface area contributed by atoms with Crippen LogP contribution in [0.15, 0.2) is 65.6 Å². The fourth-order valence-electron chi connectivity index (χ4n) is 5.49. The molecule has 0 unspecified atom stereocenters. The van der Waals surface area contributed by atoms with E-state index in [1.807, 2.05) is 24.3 Å². The van der Waals surface area contributed by atoms with Crippen molar-refractivity contribution in [2.75, 3.05) is 33.9 Å². The Labute approximate surface area is 220 Å². The Morgan fingerprint density at radius 1 is 0.865 bits per heavy atom. The van der Waals surface area contributed by atoms with E-state index in [1.165, 1.54) is 24.9 Å². The molecule has 0 spiro atoms. The summed E-state index contributed by atoms with van der Waals surface area (Å²) >= 11 is 0. The highest BCUT2D eigenvalue weighted by Gasteiger charge is 2.29. The second-order valence-electron chi connectivity index (χ2n) is 10.1. The molecule has 6 nitrogen and oxygen atoms in total. The number of hydrogen-bond donors (Lipinski definition) is 0. The lowest BCUT2D eigenvalue weighted by molar-refractivity contribution is 0.272. The van der Waals surface area contributed by atoms with Crippen LogP contribution in [-0.4, -0.2) is 57.5 Å². The smallest absolute Gasteiger partial charge is 0.243 e. The number of likely N-dealkylation sites (tertiary alicyclic amines) is 1. The summed E-state index contributed by atoms with van der Waals surface area (Å²) in [5, 5.41) is 0. The third kappa shape index (κ3) is 5.40. The van der Waals surface area contributed by atoms with Gasteiger partial charge in [-0.15, -0.1) is 0 Å². The number of nitrogens with zero attached hydrogens (tertiary/aromatic N) is 2. The van der Waals surface area contributed by atoms with E-state index in [-0.39, 0.29) is 0 Å². The summed E-state index contributed by atoms with van der Waals surface area (Å²) in [5.74, 6) is 1.28. The van der Waals surface area contributed by atoms with E-state index in [0.29, 0.717) is 41.9 Å². The standard InChI is InChI=1S/C30H36N2O4S/c1-22-5-4-16-31(22)17-14-23-6-8-24(9-7-23)25-10-12-28(13-11-25)37(33,34)32-18-15-26-19-29(35-2)30(36-3)20-27(26)21-32/h6-13,19-20,22H,4-5,14-18,21H2,1-3H3/t22-/m1/s1. The minimum atomic E-state index is -3.61. The first-order valence-electron chi connectivity index (χ1n) is 13.1. The Hall–Kier alpha value is -2.87. The first-order valence-corrected chi connectivity index (χ1v) is 14.5. The fourth-order valence-corrected chi connectivity index (χ4v) is 6.91. The highest BCUT2D eigenvalue weighted by molar-refractivity contribution is 7.89. The van der Waals surface area contributed by atoms with Gasteiger partial charge in [0.1, 0.15) is 0 Å². The van der Waals surface area contributed by atoms with Gasteiger partial charge < -0.3 is 14.4 Å². The normalized spacial score (nSPS) is 18.5. The molecule has 2 aliphatic rings. The third-order valence-corrected chi connectivity index (χ3v) is 9.70. The van der Waals surface area contributed by atoms with Crippen molar-refractivity contribution in [3.63, 3.8) is 0 Å². The first kappa shape index (κ1) is 25.8. The lowest BCUT2D eigenvalue weighted by Crippen LogP contribution is -2.36. The molecule has 0 radical (unpaired) electrons. The van der Waals surface area contributed by atoms with Gasteiger partial charge in [0.25, 0.3) is 0 Å². The molecule has 0 aromatic heterocycles. The monoisotopic (exact) mass is 520 g/mol. The van der Waals surface area contributed by atoms with E-state index in [0.717, 1.165) is 35.2 Å². The van der Waals surface area contributed by atoms with E-state index in [1.54, 1.807) is 30.7 Å². The van der Waals surface area contributed by atoms with Crippen molar-refractivity contribution in [3.05, 3.63) is 77.4 Å². The zero-order valence-corrected chi connectivity index (χ0v) is 22.8. The SMILES string of the molecule is COc1cc2c(cc1OC)CN(S(=O)(=O)c1ccc(-c3ccc(CCN4CCC[C@H]4C)cc3)cc1)CC2. The van der Waals surface area contributed by atoms with Crippen LogP contribution in [0.4, 0.5) is 0 Å². The van der Waals surface area contributed by atoms with E-state index >= 15 is 0 Å². The van der Waals surface area contributed by atoms with Crippen molar-refractivity contribution in [2.45, 2.75) is 50.1 Å². The van der Waals surface area contributed by atoms with E-state index < -0.39 is 10.0 Å². The number of benzene rings is 3. The molecule has 1 saturated heterocycles. The predicted octanol–water partition coefficient (Wildman–Crippen LogP) is 5.14. The number of sulfonamides is 1. The second-order valence-corrected chi connectivity index (χ2v) is 12.0. The Balaban J connectivity index is 1.26. The Morgan fingerprint density at radius 2 is 1.49 bits per heavy atom. The van der Waals surface area contributed by atoms with Gasteiger partial charge in [0.15, 0.2) is 11.5 Å². The number of ether oxygens (including phenoxy) is 2. The lowest BCUT2D eigenvalue weighted by atomic mass is 10.0. The van der Waals surface area contributed by atoms with Crippen molar-refractivity contribution in [3.8, 4) is 22.6 Å². The highest BCUT2D eigenvalue weighted by atomic mass is 32.2. The maximum atomic E-state index is 13.4. The predicted molar refractivity (Wildman–Crippen MR) is 147 cm³/mol. The van der Waals surface area contributed by atoms with Crippen LogP contribution in [0.2, 0.25) is 0 Å². The van der Waals surface area contributed by atoms with Gasteiger partial charge in [0.2, 0.25) is 10.0 Å². The molecular formula is C30H36N2O4S. The van der Waals surface area contributed by atoms with Gasteiger partial charge >= 0.3 is 0 Å². The average molecular weight is 521 g/mol. The van der Waals surface area contributed by atoms with E-state index in [9.17, 15) is 8.42 Å². The topological polar surface area (TPSA) is 59.1 Å². The molecule has 3 aromatic rings.